The van der Waals surface area contributed by atoms with E-state index >= 15 is 0 Å². The first kappa shape index (κ1) is 31.3. The van der Waals surface area contributed by atoms with Crippen LogP contribution in [0.3, 0.4) is 0 Å². The molecule has 0 aliphatic rings. The maximum Gasteiger partial charge on any atom is 0.168 e. The number of nitrogens with zero attached hydrogens (tertiary/aromatic N) is 4. The second-order valence-corrected chi connectivity index (χ2v) is 19.5. The highest BCUT2D eigenvalue weighted by Crippen LogP contribution is 2.39. The Morgan fingerprint density at radius 2 is 1.38 bits per heavy atom. The number of hydrogen-bond acceptors (Lipinski definition) is 4. The molecule has 7 aromatic rings. The summed E-state index contributed by atoms with van der Waals surface area (Å²) in [6.45, 7) is 13.9. The Morgan fingerprint density at radius 3 is 2.06 bits per heavy atom. The van der Waals surface area contributed by atoms with Gasteiger partial charge < -0.3 is 5.11 Å². The molecule has 0 aliphatic heterocycles. The van der Waals surface area contributed by atoms with Gasteiger partial charge in [-0.1, -0.05) is 107 Å². The number of rotatable bonds is 6. The van der Waals surface area contributed by atoms with Crippen molar-refractivity contribution in [3.8, 4) is 56.5 Å². The normalized spacial score (nSPS) is 12.0. The minimum Gasteiger partial charge on any atom is -0.506 e. The van der Waals surface area contributed by atoms with E-state index in [-0.39, 0.29) is 11.2 Å². The van der Waals surface area contributed by atoms with Gasteiger partial charge in [0, 0.05) is 29.2 Å². The van der Waals surface area contributed by atoms with E-state index in [1.807, 2.05) is 18.2 Å². The van der Waals surface area contributed by atoms with Crippen molar-refractivity contribution in [1.29, 1.82) is 0 Å². The molecule has 5 nitrogen and oxygen atoms in total. The van der Waals surface area contributed by atoms with Crippen LogP contribution in [0.5, 0.6) is 5.75 Å². The highest BCUT2D eigenvalue weighted by molar-refractivity contribution is 6.89. The summed E-state index contributed by atoms with van der Waals surface area (Å²) in [5.41, 5.74) is 10.8. The third-order valence-electron chi connectivity index (χ3n) is 8.90. The zero-order valence-corrected chi connectivity index (χ0v) is 29.4. The van der Waals surface area contributed by atoms with Crippen LogP contribution in [0, 0.1) is 0 Å². The Balaban J connectivity index is 1.48. The molecular weight excluding hydrogens is 605 g/mol. The molecule has 48 heavy (non-hydrogen) atoms. The molecule has 3 aromatic heterocycles. The van der Waals surface area contributed by atoms with E-state index in [1.165, 1.54) is 21.9 Å². The Bertz CT molecular complexity index is 2260. The Hall–Kier alpha value is -5.33. The van der Waals surface area contributed by atoms with Crippen LogP contribution in [0.2, 0.25) is 19.6 Å². The Kier molecular flexibility index (Phi) is 7.84. The third kappa shape index (κ3) is 5.84. The SMILES string of the molecule is CC(C)(C)c1cc(-c2cc(-c3ccccc3)c([Si](C)(C)C)cn2)cc(-c2cccc3c2nc(-c2ncccc2O)n3-c2ccccc2)c1. The van der Waals surface area contributed by atoms with Crippen LogP contribution in [-0.2, 0) is 5.41 Å². The van der Waals surface area contributed by atoms with E-state index in [9.17, 15) is 5.11 Å². The van der Waals surface area contributed by atoms with Crippen molar-refractivity contribution < 1.29 is 5.11 Å². The highest BCUT2D eigenvalue weighted by atomic mass is 28.3. The minimum absolute atomic E-state index is 0.0885. The van der Waals surface area contributed by atoms with Gasteiger partial charge in [-0.3, -0.25) is 9.55 Å². The first-order chi connectivity index (χ1) is 23.0. The predicted octanol–water partition coefficient (Wildman–Crippen LogP) is 10.0. The van der Waals surface area contributed by atoms with Gasteiger partial charge in [0.2, 0.25) is 0 Å². The van der Waals surface area contributed by atoms with Crippen LogP contribution in [-0.4, -0.2) is 32.7 Å². The fourth-order valence-corrected chi connectivity index (χ4v) is 7.81. The molecule has 6 heteroatoms. The van der Waals surface area contributed by atoms with Crippen molar-refractivity contribution in [2.75, 3.05) is 0 Å². The molecule has 1 N–H and O–H groups in total. The fraction of sp³-hybridized carbons (Fsp3) is 0.167. The van der Waals surface area contributed by atoms with E-state index < -0.39 is 8.07 Å². The average molecular weight is 645 g/mol. The lowest BCUT2D eigenvalue weighted by Gasteiger charge is -2.23. The molecule has 238 valence electrons. The van der Waals surface area contributed by atoms with E-state index in [1.54, 1.807) is 18.3 Å². The second kappa shape index (κ2) is 12.0. The van der Waals surface area contributed by atoms with Gasteiger partial charge >= 0.3 is 0 Å². The number of pyridine rings is 2. The topological polar surface area (TPSA) is 63.8 Å². The van der Waals surface area contributed by atoms with Crippen molar-refractivity contribution in [2.45, 2.75) is 45.8 Å². The first-order valence-corrected chi connectivity index (χ1v) is 19.9. The van der Waals surface area contributed by atoms with Crippen LogP contribution in [0.15, 0.2) is 128 Å². The smallest absolute Gasteiger partial charge is 0.168 e. The van der Waals surface area contributed by atoms with Crippen LogP contribution in [0.25, 0.3) is 61.8 Å². The monoisotopic (exact) mass is 644 g/mol. The summed E-state index contributed by atoms with van der Waals surface area (Å²) in [6.07, 6.45) is 3.80. The molecule has 0 saturated carbocycles. The fourth-order valence-electron chi connectivity index (χ4n) is 6.33. The maximum absolute atomic E-state index is 10.9. The Labute approximate surface area is 283 Å². The lowest BCUT2D eigenvalue weighted by Crippen LogP contribution is -2.39. The summed E-state index contributed by atoms with van der Waals surface area (Å²) in [6, 6.07) is 39.6. The van der Waals surface area contributed by atoms with Crippen LogP contribution in [0.1, 0.15) is 26.3 Å². The van der Waals surface area contributed by atoms with Gasteiger partial charge in [0.1, 0.15) is 11.4 Å². The standard InChI is InChI=1S/C42H40N4OSi/c1-42(2,3)31-24-29(23-30(25-31)35-26-34(28-15-9-7-10-16-28)38(27-44-35)48(4,5)6)33-19-13-20-36-39(33)45-41(40-37(47)21-14-22-43-40)46(36)32-17-11-8-12-18-32/h7-27,47H,1-6H3. The maximum atomic E-state index is 10.9. The zero-order chi connectivity index (χ0) is 33.6. The first-order valence-electron chi connectivity index (χ1n) is 16.4. The molecule has 0 atom stereocenters. The number of hydrogen-bond donors (Lipinski definition) is 1. The molecule has 0 unspecified atom stereocenters. The molecule has 0 bridgehead atoms. The number of aromatic hydroxyl groups is 1. The summed E-state index contributed by atoms with van der Waals surface area (Å²) < 4.78 is 2.08. The average Bonchev–Trinajstić information content (AvgIpc) is 3.47. The summed E-state index contributed by atoms with van der Waals surface area (Å²) in [4.78, 5) is 14.9. The molecule has 0 spiro atoms. The lowest BCUT2D eigenvalue weighted by molar-refractivity contribution is 0.474. The van der Waals surface area contributed by atoms with Crippen molar-refractivity contribution in [2.24, 2.45) is 0 Å². The van der Waals surface area contributed by atoms with Gasteiger partial charge in [0.15, 0.2) is 5.82 Å². The van der Waals surface area contributed by atoms with Gasteiger partial charge in [-0.15, -0.1) is 0 Å². The van der Waals surface area contributed by atoms with E-state index in [0.29, 0.717) is 11.5 Å². The molecule has 0 radical (unpaired) electrons. The zero-order valence-electron chi connectivity index (χ0n) is 28.4. The van der Waals surface area contributed by atoms with Gasteiger partial charge in [-0.2, -0.15) is 0 Å². The summed E-state index contributed by atoms with van der Waals surface area (Å²) in [5, 5.41) is 12.2. The molecule has 0 fully saturated rings. The Morgan fingerprint density at radius 1 is 0.667 bits per heavy atom. The molecule has 0 saturated heterocycles. The van der Waals surface area contributed by atoms with Crippen molar-refractivity contribution in [3.05, 3.63) is 133 Å². The largest absolute Gasteiger partial charge is 0.506 e. The van der Waals surface area contributed by atoms with Crippen LogP contribution in [0.4, 0.5) is 0 Å². The number of benzene rings is 4. The van der Waals surface area contributed by atoms with Gasteiger partial charge in [0.05, 0.1) is 24.8 Å². The number of aromatic nitrogens is 4. The van der Waals surface area contributed by atoms with Gasteiger partial charge in [-0.25, -0.2) is 9.97 Å². The molecule has 7 rings (SSSR count). The number of para-hydroxylation sites is 2. The summed E-state index contributed by atoms with van der Waals surface area (Å²) in [7, 11) is -1.68. The summed E-state index contributed by atoms with van der Waals surface area (Å²) >= 11 is 0. The van der Waals surface area contributed by atoms with E-state index in [2.05, 4.69) is 141 Å². The molecular formula is C42H40N4OSi. The van der Waals surface area contributed by atoms with Gasteiger partial charge in [-0.05, 0) is 81.4 Å². The molecule has 0 aliphatic carbocycles. The quantitative estimate of drug-likeness (QED) is 0.183. The van der Waals surface area contributed by atoms with Crippen molar-refractivity contribution in [1.82, 2.24) is 19.5 Å². The molecule has 0 amide bonds. The van der Waals surface area contributed by atoms with Crippen LogP contribution >= 0.6 is 0 Å². The lowest BCUT2D eigenvalue weighted by atomic mass is 9.83. The van der Waals surface area contributed by atoms with Crippen molar-refractivity contribution in [3.63, 3.8) is 0 Å². The highest BCUT2D eigenvalue weighted by Gasteiger charge is 2.25. The molecule has 4 aromatic carbocycles. The van der Waals surface area contributed by atoms with E-state index in [0.717, 1.165) is 39.1 Å². The predicted molar refractivity (Wildman–Crippen MR) is 202 cm³/mol. The van der Waals surface area contributed by atoms with Gasteiger partial charge in [0.25, 0.3) is 0 Å². The van der Waals surface area contributed by atoms with Crippen LogP contribution < -0.4 is 5.19 Å². The van der Waals surface area contributed by atoms with Crippen molar-refractivity contribution >= 4 is 24.3 Å². The number of fused-ring (bicyclic) bond motifs is 1. The third-order valence-corrected chi connectivity index (χ3v) is 10.9. The second-order valence-electron chi connectivity index (χ2n) is 14.4. The summed E-state index contributed by atoms with van der Waals surface area (Å²) in [5.74, 6) is 0.677. The molecule has 3 heterocycles. The number of imidazole rings is 1. The van der Waals surface area contributed by atoms with E-state index in [4.69, 9.17) is 9.97 Å². The minimum atomic E-state index is -1.68.